The highest BCUT2D eigenvalue weighted by Crippen LogP contribution is 2.22. The molecule has 0 radical (unpaired) electrons. The molecule has 2 aliphatic heterocycles. The minimum absolute atomic E-state index is 0.00472. The first kappa shape index (κ1) is 14.6. The van der Waals surface area contributed by atoms with E-state index in [2.05, 4.69) is 5.32 Å². The van der Waals surface area contributed by atoms with Crippen molar-refractivity contribution >= 4 is 23.4 Å². The quantitative estimate of drug-likeness (QED) is 0.899. The molecular weight excluding hydrogens is 284 g/mol. The Labute approximate surface area is 129 Å². The summed E-state index contributed by atoms with van der Waals surface area (Å²) < 4.78 is 5.23. The van der Waals surface area contributed by atoms with Crippen LogP contribution in [0.15, 0.2) is 24.3 Å². The molecule has 3 rings (SSSR count). The number of nitrogens with zero attached hydrogens (tertiary/aromatic N) is 3. The SMILES string of the molecule is CN1CCN(c2ccc(NC(=O)N3CCOCC3)cc2)C1=O. The third-order valence-corrected chi connectivity index (χ3v) is 3.95. The summed E-state index contributed by atoms with van der Waals surface area (Å²) in [6.07, 6.45) is 0. The van der Waals surface area contributed by atoms with Gasteiger partial charge in [-0.05, 0) is 24.3 Å². The van der Waals surface area contributed by atoms with Gasteiger partial charge in [-0.2, -0.15) is 0 Å². The molecule has 1 aromatic carbocycles. The van der Waals surface area contributed by atoms with Gasteiger partial charge in [0.05, 0.1) is 13.2 Å². The zero-order chi connectivity index (χ0) is 15.5. The van der Waals surface area contributed by atoms with Gasteiger partial charge in [-0.1, -0.05) is 0 Å². The second-order valence-corrected chi connectivity index (χ2v) is 5.43. The first-order valence-corrected chi connectivity index (χ1v) is 7.41. The lowest BCUT2D eigenvalue weighted by atomic mass is 10.2. The maximum atomic E-state index is 12.1. The molecule has 0 atom stereocenters. The van der Waals surface area contributed by atoms with Crippen LogP contribution < -0.4 is 10.2 Å². The first-order chi connectivity index (χ1) is 10.6. The number of morpholine rings is 1. The van der Waals surface area contributed by atoms with Crippen LogP contribution in [0.25, 0.3) is 0 Å². The van der Waals surface area contributed by atoms with Crippen LogP contribution in [0.4, 0.5) is 21.0 Å². The van der Waals surface area contributed by atoms with Gasteiger partial charge in [0.25, 0.3) is 0 Å². The lowest BCUT2D eigenvalue weighted by Crippen LogP contribution is -2.43. The summed E-state index contributed by atoms with van der Waals surface area (Å²) in [5.41, 5.74) is 1.57. The van der Waals surface area contributed by atoms with E-state index in [1.54, 1.807) is 21.7 Å². The molecule has 4 amide bonds. The number of rotatable bonds is 2. The highest BCUT2D eigenvalue weighted by molar-refractivity contribution is 5.94. The van der Waals surface area contributed by atoms with Crippen LogP contribution in [0.2, 0.25) is 0 Å². The molecule has 0 aromatic heterocycles. The van der Waals surface area contributed by atoms with E-state index in [-0.39, 0.29) is 12.1 Å². The van der Waals surface area contributed by atoms with Crippen molar-refractivity contribution in [2.45, 2.75) is 0 Å². The Bertz CT molecular complexity index is 554. The van der Waals surface area contributed by atoms with E-state index in [9.17, 15) is 9.59 Å². The number of likely N-dealkylation sites (N-methyl/N-ethyl adjacent to an activating group) is 1. The Morgan fingerprint density at radius 1 is 1.09 bits per heavy atom. The first-order valence-electron chi connectivity index (χ1n) is 7.41. The van der Waals surface area contributed by atoms with E-state index in [1.807, 2.05) is 24.3 Å². The van der Waals surface area contributed by atoms with Crippen LogP contribution in [0.3, 0.4) is 0 Å². The summed E-state index contributed by atoms with van der Waals surface area (Å²) in [6.45, 7) is 3.80. The van der Waals surface area contributed by atoms with E-state index >= 15 is 0 Å². The minimum Gasteiger partial charge on any atom is -0.378 e. The van der Waals surface area contributed by atoms with Crippen LogP contribution >= 0.6 is 0 Å². The molecule has 7 heteroatoms. The maximum Gasteiger partial charge on any atom is 0.324 e. The molecule has 1 N–H and O–H groups in total. The molecule has 0 saturated carbocycles. The zero-order valence-electron chi connectivity index (χ0n) is 12.6. The fourth-order valence-corrected chi connectivity index (χ4v) is 2.58. The predicted octanol–water partition coefficient (Wildman–Crippen LogP) is 1.42. The number of benzene rings is 1. The standard InChI is InChI=1S/C15H20N4O3/c1-17-6-7-19(15(17)21)13-4-2-12(3-5-13)16-14(20)18-8-10-22-11-9-18/h2-5H,6-11H2,1H3,(H,16,20). The largest absolute Gasteiger partial charge is 0.378 e. The lowest BCUT2D eigenvalue weighted by Gasteiger charge is -2.27. The van der Waals surface area contributed by atoms with E-state index < -0.39 is 0 Å². The molecule has 0 aliphatic carbocycles. The number of amides is 4. The van der Waals surface area contributed by atoms with Crippen molar-refractivity contribution in [1.82, 2.24) is 9.80 Å². The van der Waals surface area contributed by atoms with Gasteiger partial charge in [-0.3, -0.25) is 4.90 Å². The number of anilines is 2. The Morgan fingerprint density at radius 3 is 2.36 bits per heavy atom. The van der Waals surface area contributed by atoms with E-state index in [1.165, 1.54) is 0 Å². The van der Waals surface area contributed by atoms with Gasteiger partial charge >= 0.3 is 12.1 Å². The van der Waals surface area contributed by atoms with Crippen LogP contribution in [0, 0.1) is 0 Å². The highest BCUT2D eigenvalue weighted by atomic mass is 16.5. The van der Waals surface area contributed by atoms with Crippen molar-refractivity contribution in [3.05, 3.63) is 24.3 Å². The Balaban J connectivity index is 1.62. The van der Waals surface area contributed by atoms with Gasteiger partial charge in [0.2, 0.25) is 0 Å². The van der Waals surface area contributed by atoms with E-state index in [0.717, 1.165) is 17.9 Å². The van der Waals surface area contributed by atoms with Crippen LogP contribution in [-0.2, 0) is 4.74 Å². The zero-order valence-corrected chi connectivity index (χ0v) is 12.6. The van der Waals surface area contributed by atoms with E-state index in [0.29, 0.717) is 32.8 Å². The van der Waals surface area contributed by atoms with Crippen molar-refractivity contribution < 1.29 is 14.3 Å². The molecule has 0 spiro atoms. The monoisotopic (exact) mass is 304 g/mol. The van der Waals surface area contributed by atoms with E-state index in [4.69, 9.17) is 4.74 Å². The van der Waals surface area contributed by atoms with Crippen molar-refractivity contribution in [3.63, 3.8) is 0 Å². The van der Waals surface area contributed by atoms with Crippen LogP contribution in [0.5, 0.6) is 0 Å². The molecule has 22 heavy (non-hydrogen) atoms. The normalized spacial score (nSPS) is 18.8. The minimum atomic E-state index is -0.118. The molecule has 2 heterocycles. The number of nitrogens with one attached hydrogen (secondary N) is 1. The van der Waals surface area contributed by atoms with Crippen LogP contribution in [0.1, 0.15) is 0 Å². The molecule has 118 valence electrons. The van der Waals surface area contributed by atoms with Crippen molar-refractivity contribution in [1.29, 1.82) is 0 Å². The molecular formula is C15H20N4O3. The van der Waals surface area contributed by atoms with Crippen LogP contribution in [-0.4, -0.2) is 68.3 Å². The second-order valence-electron chi connectivity index (χ2n) is 5.43. The fraction of sp³-hybridized carbons (Fsp3) is 0.467. The number of hydrogen-bond acceptors (Lipinski definition) is 3. The summed E-state index contributed by atoms with van der Waals surface area (Å²) in [7, 11) is 1.79. The molecule has 0 unspecified atom stereocenters. The highest BCUT2D eigenvalue weighted by Gasteiger charge is 2.26. The summed E-state index contributed by atoms with van der Waals surface area (Å²) in [4.78, 5) is 29.2. The summed E-state index contributed by atoms with van der Waals surface area (Å²) in [5, 5.41) is 2.87. The molecule has 0 bridgehead atoms. The van der Waals surface area contributed by atoms with Crippen molar-refractivity contribution in [2.75, 3.05) is 56.7 Å². The summed E-state index contributed by atoms with van der Waals surface area (Å²) in [6, 6.07) is 7.23. The topological polar surface area (TPSA) is 65.1 Å². The molecule has 2 fully saturated rings. The van der Waals surface area contributed by atoms with Gasteiger partial charge in [0.1, 0.15) is 0 Å². The number of carbonyl (C=O) groups is 2. The number of ether oxygens (including phenoxy) is 1. The van der Waals surface area contributed by atoms with Crippen molar-refractivity contribution in [2.24, 2.45) is 0 Å². The number of urea groups is 2. The van der Waals surface area contributed by atoms with Crippen molar-refractivity contribution in [3.8, 4) is 0 Å². The molecule has 1 aromatic rings. The van der Waals surface area contributed by atoms with Gasteiger partial charge < -0.3 is 19.9 Å². The Morgan fingerprint density at radius 2 is 1.77 bits per heavy atom. The summed E-state index contributed by atoms with van der Waals surface area (Å²) >= 11 is 0. The van der Waals surface area contributed by atoms with Gasteiger partial charge in [0.15, 0.2) is 0 Å². The Hall–Kier alpha value is -2.28. The maximum absolute atomic E-state index is 12.1. The Kier molecular flexibility index (Phi) is 4.15. The van der Waals surface area contributed by atoms with Gasteiger partial charge in [-0.15, -0.1) is 0 Å². The second kappa shape index (κ2) is 6.23. The third kappa shape index (κ3) is 2.99. The lowest BCUT2D eigenvalue weighted by molar-refractivity contribution is 0.0564. The average Bonchev–Trinajstić information content (AvgIpc) is 2.89. The van der Waals surface area contributed by atoms with Gasteiger partial charge in [0, 0.05) is 44.6 Å². The summed E-state index contributed by atoms with van der Waals surface area (Å²) in [5.74, 6) is 0. The third-order valence-electron chi connectivity index (χ3n) is 3.95. The van der Waals surface area contributed by atoms with Gasteiger partial charge in [-0.25, -0.2) is 9.59 Å². The number of carbonyl (C=O) groups excluding carboxylic acids is 2. The molecule has 2 aliphatic rings. The predicted molar refractivity (Wildman–Crippen MR) is 83.2 cm³/mol. The molecule has 7 nitrogen and oxygen atoms in total. The average molecular weight is 304 g/mol. The molecule has 2 saturated heterocycles. The smallest absolute Gasteiger partial charge is 0.324 e. The fourth-order valence-electron chi connectivity index (χ4n) is 2.58. The number of hydrogen-bond donors (Lipinski definition) is 1.